The van der Waals surface area contributed by atoms with E-state index >= 15 is 0 Å². The summed E-state index contributed by atoms with van der Waals surface area (Å²) >= 11 is 0. The van der Waals surface area contributed by atoms with Crippen LogP contribution in [0.2, 0.25) is 0 Å². The van der Waals surface area contributed by atoms with Gasteiger partial charge in [-0.25, -0.2) is 17.6 Å². The molecule has 0 aliphatic carbocycles. The maximum atomic E-state index is 12.9. The van der Waals surface area contributed by atoms with Gasteiger partial charge in [0.15, 0.2) is 0 Å². The lowest BCUT2D eigenvalue weighted by atomic mass is 10.0. The third-order valence-corrected chi connectivity index (χ3v) is 1.97. The van der Waals surface area contributed by atoms with E-state index in [1.165, 1.54) is 0 Å². The molecule has 0 aliphatic heterocycles. The van der Waals surface area contributed by atoms with Crippen molar-refractivity contribution >= 4 is 5.69 Å². The SMILES string of the molecule is CC(F)(F)c1cc(N)cc(C(C)(F)F)c1. The smallest absolute Gasteiger partial charge is 0.270 e. The van der Waals surface area contributed by atoms with Gasteiger partial charge >= 0.3 is 0 Å². The Morgan fingerprint density at radius 1 is 0.867 bits per heavy atom. The first kappa shape index (κ1) is 11.8. The zero-order valence-corrected chi connectivity index (χ0v) is 8.32. The number of hydrogen-bond acceptors (Lipinski definition) is 1. The number of nitrogens with two attached hydrogens (primary N) is 1. The third kappa shape index (κ3) is 2.84. The molecule has 0 unspecified atom stereocenters. The quantitative estimate of drug-likeness (QED) is 0.600. The molecule has 15 heavy (non-hydrogen) atoms. The fourth-order valence-electron chi connectivity index (χ4n) is 1.16. The standard InChI is InChI=1S/C10H11F4N/c1-9(11,12)6-3-7(10(2,13)14)5-8(15)4-6/h3-5H,15H2,1-2H3. The predicted octanol–water partition coefficient (Wildman–Crippen LogP) is 3.49. The molecule has 84 valence electrons. The summed E-state index contributed by atoms with van der Waals surface area (Å²) < 4.78 is 51.6. The molecule has 0 saturated carbocycles. The fraction of sp³-hybridized carbons (Fsp3) is 0.400. The average molecular weight is 221 g/mol. The highest BCUT2D eigenvalue weighted by Crippen LogP contribution is 2.34. The summed E-state index contributed by atoms with van der Waals surface area (Å²) in [5.41, 5.74) is 4.19. The molecular formula is C10H11F4N. The summed E-state index contributed by atoms with van der Waals surface area (Å²) in [6.07, 6.45) is 0. The van der Waals surface area contributed by atoms with E-state index in [0.29, 0.717) is 13.8 Å². The van der Waals surface area contributed by atoms with Crippen LogP contribution in [-0.2, 0) is 11.8 Å². The van der Waals surface area contributed by atoms with Crippen molar-refractivity contribution in [3.8, 4) is 0 Å². The molecule has 1 aromatic carbocycles. The molecule has 0 fully saturated rings. The topological polar surface area (TPSA) is 26.0 Å². The Hall–Kier alpha value is -1.26. The zero-order valence-electron chi connectivity index (χ0n) is 8.32. The van der Waals surface area contributed by atoms with Gasteiger partial charge in [-0.05, 0) is 18.2 Å². The summed E-state index contributed by atoms with van der Waals surface area (Å²) in [5, 5.41) is 0. The molecule has 1 nitrogen and oxygen atoms in total. The van der Waals surface area contributed by atoms with Gasteiger partial charge in [0.25, 0.3) is 11.8 Å². The molecule has 0 spiro atoms. The van der Waals surface area contributed by atoms with Crippen molar-refractivity contribution in [1.29, 1.82) is 0 Å². The molecule has 0 atom stereocenters. The van der Waals surface area contributed by atoms with Crippen LogP contribution in [0.25, 0.3) is 0 Å². The van der Waals surface area contributed by atoms with E-state index in [2.05, 4.69) is 0 Å². The van der Waals surface area contributed by atoms with Gasteiger partial charge in [0.2, 0.25) is 0 Å². The summed E-state index contributed by atoms with van der Waals surface area (Å²) in [5.74, 6) is -6.34. The number of rotatable bonds is 2. The highest BCUT2D eigenvalue weighted by molar-refractivity contribution is 5.47. The van der Waals surface area contributed by atoms with Crippen LogP contribution in [0.5, 0.6) is 0 Å². The summed E-state index contributed by atoms with van der Waals surface area (Å²) in [4.78, 5) is 0. The molecule has 0 bridgehead atoms. The average Bonchev–Trinajstić information content (AvgIpc) is 1.99. The molecule has 5 heteroatoms. The summed E-state index contributed by atoms with van der Waals surface area (Å²) in [7, 11) is 0. The minimum Gasteiger partial charge on any atom is -0.399 e. The Bertz CT molecular complexity index is 330. The van der Waals surface area contributed by atoms with Gasteiger partial charge in [0.05, 0.1) is 0 Å². The Kier molecular flexibility index (Phi) is 2.67. The Morgan fingerprint density at radius 2 is 1.20 bits per heavy atom. The van der Waals surface area contributed by atoms with Gasteiger partial charge in [0, 0.05) is 30.7 Å². The van der Waals surface area contributed by atoms with Crippen molar-refractivity contribution in [2.24, 2.45) is 0 Å². The molecule has 0 heterocycles. The fourth-order valence-corrected chi connectivity index (χ4v) is 1.16. The highest BCUT2D eigenvalue weighted by atomic mass is 19.3. The van der Waals surface area contributed by atoms with Crippen LogP contribution in [0.1, 0.15) is 25.0 Å². The maximum absolute atomic E-state index is 12.9. The molecule has 2 N–H and O–H groups in total. The first-order chi connectivity index (χ1) is 6.60. The van der Waals surface area contributed by atoms with Crippen molar-refractivity contribution in [1.82, 2.24) is 0 Å². The number of anilines is 1. The van der Waals surface area contributed by atoms with E-state index in [4.69, 9.17) is 5.73 Å². The van der Waals surface area contributed by atoms with Crippen molar-refractivity contribution < 1.29 is 17.6 Å². The van der Waals surface area contributed by atoms with Crippen LogP contribution in [0.3, 0.4) is 0 Å². The third-order valence-electron chi connectivity index (χ3n) is 1.97. The second-order valence-corrected chi connectivity index (χ2v) is 3.62. The molecule has 1 rings (SSSR count). The van der Waals surface area contributed by atoms with Crippen molar-refractivity contribution in [3.63, 3.8) is 0 Å². The second kappa shape index (κ2) is 3.40. The number of alkyl halides is 4. The van der Waals surface area contributed by atoms with Crippen LogP contribution in [0, 0.1) is 0 Å². The zero-order chi connectivity index (χ0) is 11.9. The lowest BCUT2D eigenvalue weighted by Gasteiger charge is -2.16. The van der Waals surface area contributed by atoms with E-state index in [0.717, 1.165) is 18.2 Å². The number of benzene rings is 1. The lowest BCUT2D eigenvalue weighted by molar-refractivity contribution is 0.0107. The number of hydrogen-bond donors (Lipinski definition) is 1. The minimum absolute atomic E-state index is 0.0921. The van der Waals surface area contributed by atoms with Gasteiger partial charge in [-0.15, -0.1) is 0 Å². The lowest BCUT2D eigenvalue weighted by Crippen LogP contribution is -2.13. The minimum atomic E-state index is -3.17. The van der Waals surface area contributed by atoms with Crippen LogP contribution >= 0.6 is 0 Å². The van der Waals surface area contributed by atoms with E-state index in [1.54, 1.807) is 0 Å². The van der Waals surface area contributed by atoms with Gasteiger partial charge in [-0.2, -0.15) is 0 Å². The monoisotopic (exact) mass is 221 g/mol. The van der Waals surface area contributed by atoms with Crippen molar-refractivity contribution in [2.45, 2.75) is 25.7 Å². The van der Waals surface area contributed by atoms with Gasteiger partial charge in [-0.3, -0.25) is 0 Å². The van der Waals surface area contributed by atoms with Crippen LogP contribution < -0.4 is 5.73 Å². The van der Waals surface area contributed by atoms with E-state index < -0.39 is 23.0 Å². The van der Waals surface area contributed by atoms with E-state index in [9.17, 15) is 17.6 Å². The van der Waals surface area contributed by atoms with E-state index in [-0.39, 0.29) is 5.69 Å². The second-order valence-electron chi connectivity index (χ2n) is 3.62. The first-order valence-corrected chi connectivity index (χ1v) is 4.28. The molecule has 0 aromatic heterocycles. The molecular weight excluding hydrogens is 210 g/mol. The van der Waals surface area contributed by atoms with Crippen LogP contribution in [0.15, 0.2) is 18.2 Å². The van der Waals surface area contributed by atoms with Gasteiger partial charge < -0.3 is 5.73 Å². The summed E-state index contributed by atoms with van der Waals surface area (Å²) in [6, 6.07) is 2.76. The predicted molar refractivity (Wildman–Crippen MR) is 50.0 cm³/mol. The largest absolute Gasteiger partial charge is 0.399 e. The van der Waals surface area contributed by atoms with E-state index in [1.807, 2.05) is 0 Å². The molecule has 0 aliphatic rings. The maximum Gasteiger partial charge on any atom is 0.270 e. The van der Waals surface area contributed by atoms with Gasteiger partial charge in [-0.1, -0.05) is 0 Å². The van der Waals surface area contributed by atoms with Crippen molar-refractivity contribution in [3.05, 3.63) is 29.3 Å². The summed E-state index contributed by atoms with van der Waals surface area (Å²) in [6.45, 7) is 1.28. The van der Waals surface area contributed by atoms with Crippen molar-refractivity contribution in [2.75, 3.05) is 5.73 Å². The number of halogens is 4. The Labute approximate surface area is 84.9 Å². The first-order valence-electron chi connectivity index (χ1n) is 4.28. The Morgan fingerprint density at radius 3 is 1.47 bits per heavy atom. The molecule has 0 saturated heterocycles. The highest BCUT2D eigenvalue weighted by Gasteiger charge is 2.30. The van der Waals surface area contributed by atoms with Crippen LogP contribution in [0.4, 0.5) is 23.2 Å². The van der Waals surface area contributed by atoms with Gasteiger partial charge in [0.1, 0.15) is 0 Å². The Balaban J connectivity index is 3.30. The molecule has 1 aromatic rings. The number of nitrogen functional groups attached to an aromatic ring is 1. The van der Waals surface area contributed by atoms with Crippen LogP contribution in [-0.4, -0.2) is 0 Å². The normalized spacial score (nSPS) is 12.9. The molecule has 0 amide bonds. The molecule has 0 radical (unpaired) electrons.